The van der Waals surface area contributed by atoms with Crippen LogP contribution in [0.2, 0.25) is 0 Å². The van der Waals surface area contributed by atoms with Gasteiger partial charge in [-0.2, -0.15) is 0 Å². The molecule has 2 fully saturated rings. The van der Waals surface area contributed by atoms with E-state index < -0.39 is 0 Å². The zero-order valence-corrected chi connectivity index (χ0v) is 25.5. The van der Waals surface area contributed by atoms with Gasteiger partial charge in [-0.05, 0) is 81.7 Å². The van der Waals surface area contributed by atoms with Gasteiger partial charge in [-0.3, -0.25) is 14.5 Å². The van der Waals surface area contributed by atoms with Crippen LogP contribution in [0.25, 0.3) is 10.2 Å². The van der Waals surface area contributed by atoms with Crippen LogP contribution < -0.4 is 20.3 Å². The number of para-hydroxylation sites is 1. The first-order chi connectivity index (χ1) is 21.4. The van der Waals surface area contributed by atoms with Gasteiger partial charge in [-0.25, -0.2) is 9.78 Å². The van der Waals surface area contributed by atoms with E-state index in [0.717, 1.165) is 55.6 Å². The molecule has 4 amide bonds. The molecule has 4 aromatic rings. The fourth-order valence-electron chi connectivity index (χ4n) is 6.49. The minimum Gasteiger partial charge on any atom is -0.457 e. The van der Waals surface area contributed by atoms with Crippen LogP contribution in [-0.4, -0.2) is 71.9 Å². The van der Waals surface area contributed by atoms with Crippen molar-refractivity contribution in [3.8, 4) is 11.5 Å². The van der Waals surface area contributed by atoms with Gasteiger partial charge in [0.25, 0.3) is 5.91 Å². The van der Waals surface area contributed by atoms with Crippen molar-refractivity contribution >= 4 is 56.5 Å². The molecule has 0 aliphatic carbocycles. The van der Waals surface area contributed by atoms with Crippen LogP contribution >= 0.6 is 11.3 Å². The van der Waals surface area contributed by atoms with Crippen molar-refractivity contribution in [2.45, 2.75) is 32.2 Å². The fourth-order valence-corrected chi connectivity index (χ4v) is 7.51. The number of aromatic nitrogens is 1. The van der Waals surface area contributed by atoms with Crippen LogP contribution in [0, 0.1) is 12.8 Å². The van der Waals surface area contributed by atoms with Gasteiger partial charge in [0.2, 0.25) is 5.91 Å². The first-order valence-electron chi connectivity index (χ1n) is 15.0. The average molecular weight is 611 g/mol. The molecule has 0 saturated carbocycles. The molecule has 11 heteroatoms. The number of aryl methyl sites for hydroxylation is 1. The number of nitrogens with one attached hydrogen (secondary N) is 2. The first-order valence-corrected chi connectivity index (χ1v) is 15.8. The molecule has 0 spiro atoms. The van der Waals surface area contributed by atoms with Gasteiger partial charge in [0.15, 0.2) is 0 Å². The summed E-state index contributed by atoms with van der Waals surface area (Å²) >= 11 is 1.26. The van der Waals surface area contributed by atoms with Gasteiger partial charge < -0.3 is 25.2 Å². The van der Waals surface area contributed by atoms with Gasteiger partial charge in [-0.1, -0.05) is 18.2 Å². The molecule has 2 aromatic carbocycles. The van der Waals surface area contributed by atoms with Gasteiger partial charge in [0.1, 0.15) is 21.2 Å². The Morgan fingerprint density at radius 1 is 1.02 bits per heavy atom. The molecule has 44 heavy (non-hydrogen) atoms. The highest BCUT2D eigenvalue weighted by atomic mass is 32.1. The van der Waals surface area contributed by atoms with Crippen molar-refractivity contribution < 1.29 is 19.1 Å². The summed E-state index contributed by atoms with van der Waals surface area (Å²) < 4.78 is 5.99. The van der Waals surface area contributed by atoms with Crippen molar-refractivity contribution in [2.24, 2.45) is 5.92 Å². The number of hydrogen-bond donors (Lipinski definition) is 2. The van der Waals surface area contributed by atoms with Gasteiger partial charge in [0.05, 0.1) is 28.4 Å². The van der Waals surface area contributed by atoms with Crippen LogP contribution in [0.15, 0.2) is 60.8 Å². The Hall–Kier alpha value is -4.48. The maximum Gasteiger partial charge on any atom is 0.331 e. The van der Waals surface area contributed by atoms with Crippen molar-refractivity contribution in [2.75, 3.05) is 43.4 Å². The summed E-state index contributed by atoms with van der Waals surface area (Å²) in [6, 6.07) is 16.4. The summed E-state index contributed by atoms with van der Waals surface area (Å²) in [5, 5.41) is 6.87. The molecule has 2 atom stereocenters. The highest BCUT2D eigenvalue weighted by Gasteiger charge is 2.36. The first kappa shape index (κ1) is 28.3. The SMILES string of the molecule is Cc1cc(Oc2ccccc2)ccc1N1C(=O)Nc2c(C(=O)NC3CCCN(C(=O)C4CCN(C)C4)C3)sc3nccc1c23. The third-order valence-corrected chi connectivity index (χ3v) is 9.75. The highest BCUT2D eigenvalue weighted by molar-refractivity contribution is 7.21. The molecule has 2 aromatic heterocycles. The molecule has 226 valence electrons. The zero-order valence-electron chi connectivity index (χ0n) is 24.7. The molecule has 2 N–H and O–H groups in total. The van der Waals surface area contributed by atoms with E-state index in [9.17, 15) is 14.4 Å². The maximum absolute atomic E-state index is 13.7. The van der Waals surface area contributed by atoms with Gasteiger partial charge in [-0.15, -0.1) is 11.3 Å². The van der Waals surface area contributed by atoms with E-state index in [2.05, 4.69) is 20.5 Å². The van der Waals surface area contributed by atoms with Crippen LogP contribution in [0.1, 0.15) is 34.5 Å². The summed E-state index contributed by atoms with van der Waals surface area (Å²) in [5.74, 6) is 1.35. The third kappa shape index (κ3) is 5.26. The zero-order chi connectivity index (χ0) is 30.4. The van der Waals surface area contributed by atoms with E-state index in [4.69, 9.17) is 4.74 Å². The summed E-state index contributed by atoms with van der Waals surface area (Å²) in [7, 11) is 2.04. The third-order valence-electron chi connectivity index (χ3n) is 8.65. The summed E-state index contributed by atoms with van der Waals surface area (Å²) in [6.45, 7) is 4.87. The Morgan fingerprint density at radius 2 is 1.86 bits per heavy atom. The Morgan fingerprint density at radius 3 is 2.64 bits per heavy atom. The predicted octanol–water partition coefficient (Wildman–Crippen LogP) is 5.75. The number of likely N-dealkylation sites (tertiary alicyclic amines) is 2. The fraction of sp³-hybridized carbons (Fsp3) is 0.333. The smallest absolute Gasteiger partial charge is 0.331 e. The molecule has 3 aliphatic rings. The van der Waals surface area contributed by atoms with Gasteiger partial charge in [0, 0.05) is 31.9 Å². The Balaban J connectivity index is 1.12. The van der Waals surface area contributed by atoms with E-state index in [1.165, 1.54) is 11.3 Å². The normalized spacial score (nSPS) is 20.1. The van der Waals surface area contributed by atoms with Crippen LogP contribution in [0.3, 0.4) is 0 Å². The highest BCUT2D eigenvalue weighted by Crippen LogP contribution is 2.46. The second-order valence-corrected chi connectivity index (χ2v) is 12.8. The monoisotopic (exact) mass is 610 g/mol. The molecule has 7 rings (SSSR count). The number of piperidine rings is 1. The van der Waals surface area contributed by atoms with Crippen LogP contribution in [-0.2, 0) is 4.79 Å². The minimum atomic E-state index is -0.353. The van der Waals surface area contributed by atoms with E-state index in [1.807, 2.05) is 67.4 Å². The number of thiophene rings is 1. The number of nitrogens with zero attached hydrogens (tertiary/aromatic N) is 4. The average Bonchev–Trinajstić information content (AvgIpc) is 3.63. The predicted molar refractivity (Wildman–Crippen MR) is 171 cm³/mol. The molecule has 0 radical (unpaired) electrons. The number of pyridine rings is 1. The van der Waals surface area contributed by atoms with E-state index in [1.54, 1.807) is 17.2 Å². The molecule has 2 unspecified atom stereocenters. The summed E-state index contributed by atoms with van der Waals surface area (Å²) in [6.07, 6.45) is 4.18. The van der Waals surface area contributed by atoms with Gasteiger partial charge >= 0.3 is 6.03 Å². The molecular weight excluding hydrogens is 576 g/mol. The Kier molecular flexibility index (Phi) is 7.43. The lowest BCUT2D eigenvalue weighted by molar-refractivity contribution is -0.136. The molecule has 0 bridgehead atoms. The van der Waals surface area contributed by atoms with Crippen molar-refractivity contribution in [3.63, 3.8) is 0 Å². The molecule has 3 aliphatic heterocycles. The number of urea groups is 1. The number of carbonyl (C=O) groups is 3. The van der Waals surface area contributed by atoms with Crippen LogP contribution in [0.5, 0.6) is 11.5 Å². The largest absolute Gasteiger partial charge is 0.457 e. The van der Waals surface area contributed by atoms with Crippen molar-refractivity contribution in [1.82, 2.24) is 20.1 Å². The topological polar surface area (TPSA) is 107 Å². The Labute approximate surface area is 259 Å². The summed E-state index contributed by atoms with van der Waals surface area (Å²) in [5.41, 5.74) is 2.71. The number of benzene rings is 2. The standard InChI is InChI=1S/C33H34N6O4S/c1-20-17-24(43-23-8-4-3-5-9-23)10-11-25(20)39-26-12-14-34-31-27(26)28(36-33(39)42)29(44-31)30(40)35-22-7-6-15-38(19-22)32(41)21-13-16-37(2)18-21/h3-5,8-12,14,17,21-22H,6-7,13,15-16,18-19H2,1-2H3,(H,35,40)(H,36,42). The maximum atomic E-state index is 13.7. The molecule has 2 saturated heterocycles. The second kappa shape index (κ2) is 11.5. The minimum absolute atomic E-state index is 0.0281. The number of anilines is 3. The number of amides is 4. The van der Waals surface area contributed by atoms with Crippen molar-refractivity contribution in [1.29, 1.82) is 0 Å². The quantitative estimate of drug-likeness (QED) is 0.288. The molecule has 5 heterocycles. The lowest BCUT2D eigenvalue weighted by Gasteiger charge is -2.34. The van der Waals surface area contributed by atoms with E-state index in [-0.39, 0.29) is 29.8 Å². The Bertz CT molecular complexity index is 1760. The van der Waals surface area contributed by atoms with E-state index in [0.29, 0.717) is 39.1 Å². The number of rotatable bonds is 6. The lowest BCUT2D eigenvalue weighted by atomic mass is 10.0. The molecular formula is C33H34N6O4S. The van der Waals surface area contributed by atoms with Crippen molar-refractivity contribution in [3.05, 3.63) is 71.2 Å². The molecule has 10 nitrogen and oxygen atoms in total. The van der Waals surface area contributed by atoms with Crippen LogP contribution in [0.4, 0.5) is 21.9 Å². The summed E-state index contributed by atoms with van der Waals surface area (Å²) in [4.78, 5) is 51.8. The number of ether oxygens (including phenoxy) is 1. The van der Waals surface area contributed by atoms with E-state index >= 15 is 0 Å². The number of carbonyl (C=O) groups excluding carboxylic acids is 3. The lowest BCUT2D eigenvalue weighted by Crippen LogP contribution is -2.51. The number of hydrogen-bond acceptors (Lipinski definition) is 7. The second-order valence-electron chi connectivity index (χ2n) is 11.8.